The summed E-state index contributed by atoms with van der Waals surface area (Å²) >= 11 is 0. The van der Waals surface area contributed by atoms with E-state index in [0.29, 0.717) is 23.1 Å². The number of nitrogens with one attached hydrogen (secondary N) is 1. The van der Waals surface area contributed by atoms with E-state index in [1.165, 1.54) is 0 Å². The first kappa shape index (κ1) is 16.7. The first-order chi connectivity index (χ1) is 12.1. The Morgan fingerprint density at radius 1 is 1.28 bits per heavy atom. The maximum absolute atomic E-state index is 12.0. The van der Waals surface area contributed by atoms with Crippen molar-refractivity contribution in [1.82, 2.24) is 9.97 Å². The summed E-state index contributed by atoms with van der Waals surface area (Å²) < 4.78 is 5.52. The summed E-state index contributed by atoms with van der Waals surface area (Å²) in [6.45, 7) is 3.63. The predicted molar refractivity (Wildman–Crippen MR) is 93.5 cm³/mol. The highest BCUT2D eigenvalue weighted by Gasteiger charge is 2.16. The summed E-state index contributed by atoms with van der Waals surface area (Å²) in [5, 5.41) is 11.5. The quantitative estimate of drug-likeness (QED) is 0.900. The fraction of sp³-hybridized carbons (Fsp3) is 0.333. The topological polar surface area (TPSA) is 91.1 Å². The summed E-state index contributed by atoms with van der Waals surface area (Å²) in [5.74, 6) is 0.757. The van der Waals surface area contributed by atoms with Crippen molar-refractivity contribution in [2.45, 2.75) is 19.8 Å². The number of carbonyl (C=O) groups is 1. The molecule has 1 saturated heterocycles. The van der Waals surface area contributed by atoms with Gasteiger partial charge in [-0.25, -0.2) is 4.98 Å². The van der Waals surface area contributed by atoms with Gasteiger partial charge >= 0.3 is 0 Å². The van der Waals surface area contributed by atoms with Crippen LogP contribution in [-0.2, 0) is 4.79 Å². The number of aryl methyl sites for hydroxylation is 1. The Hall–Kier alpha value is -3.14. The zero-order valence-corrected chi connectivity index (χ0v) is 14.0. The summed E-state index contributed by atoms with van der Waals surface area (Å²) in [6.07, 6.45) is 2.28. The zero-order valence-electron chi connectivity index (χ0n) is 14.0. The molecular formula is C18H19N5O2. The average molecular weight is 337 g/mol. The second-order valence-corrected chi connectivity index (χ2v) is 5.87. The lowest BCUT2D eigenvalue weighted by atomic mass is 10.2. The molecule has 7 nitrogen and oxygen atoms in total. The highest BCUT2D eigenvalue weighted by Crippen LogP contribution is 2.19. The van der Waals surface area contributed by atoms with Crippen molar-refractivity contribution in [2.24, 2.45) is 0 Å². The Morgan fingerprint density at radius 2 is 2.00 bits per heavy atom. The molecule has 1 aromatic carbocycles. The molecule has 0 aliphatic carbocycles. The monoisotopic (exact) mass is 337 g/mol. The van der Waals surface area contributed by atoms with Crippen molar-refractivity contribution in [2.75, 3.05) is 29.9 Å². The molecular weight excluding hydrogens is 318 g/mol. The van der Waals surface area contributed by atoms with Gasteiger partial charge in [0, 0.05) is 30.5 Å². The molecule has 1 fully saturated rings. The van der Waals surface area contributed by atoms with Crippen molar-refractivity contribution in [3.05, 3.63) is 41.6 Å². The molecule has 1 aliphatic heterocycles. The number of nitrogens with zero attached hydrogens (tertiary/aromatic N) is 4. The summed E-state index contributed by atoms with van der Waals surface area (Å²) in [7, 11) is 0. The van der Waals surface area contributed by atoms with E-state index in [1.54, 1.807) is 30.3 Å². The number of rotatable bonds is 5. The van der Waals surface area contributed by atoms with Gasteiger partial charge in [-0.15, -0.1) is 0 Å². The standard InChI is InChI=1S/C18H19N5O2/c1-13-10-17(22-18(20-13)23-8-2-3-9-23)25-12-16(24)21-15-6-4-14(11-19)5-7-15/h4-7,10H,2-3,8-9,12H2,1H3,(H,21,24). The van der Waals surface area contributed by atoms with E-state index in [2.05, 4.69) is 20.2 Å². The Kier molecular flexibility index (Phi) is 5.09. The molecule has 0 atom stereocenters. The van der Waals surface area contributed by atoms with Crippen LogP contribution in [-0.4, -0.2) is 35.6 Å². The van der Waals surface area contributed by atoms with E-state index in [0.717, 1.165) is 31.6 Å². The van der Waals surface area contributed by atoms with Crippen LogP contribution < -0.4 is 15.0 Å². The Balaban J connectivity index is 1.58. The minimum atomic E-state index is -0.288. The van der Waals surface area contributed by atoms with Gasteiger partial charge in [-0.2, -0.15) is 10.2 Å². The first-order valence-electron chi connectivity index (χ1n) is 8.17. The molecule has 1 amide bonds. The number of hydrogen-bond acceptors (Lipinski definition) is 6. The van der Waals surface area contributed by atoms with Crippen molar-refractivity contribution in [3.63, 3.8) is 0 Å². The SMILES string of the molecule is Cc1cc(OCC(=O)Nc2ccc(C#N)cc2)nc(N2CCCC2)n1. The maximum atomic E-state index is 12.0. The van der Waals surface area contributed by atoms with Gasteiger partial charge in [0.15, 0.2) is 6.61 Å². The number of anilines is 2. The van der Waals surface area contributed by atoms with Gasteiger partial charge in [0.25, 0.3) is 5.91 Å². The molecule has 25 heavy (non-hydrogen) atoms. The zero-order chi connectivity index (χ0) is 17.6. The van der Waals surface area contributed by atoms with E-state index in [9.17, 15) is 4.79 Å². The van der Waals surface area contributed by atoms with E-state index in [4.69, 9.17) is 10.00 Å². The van der Waals surface area contributed by atoms with Crippen molar-refractivity contribution in [3.8, 4) is 11.9 Å². The Bertz CT molecular complexity index is 792. The number of benzene rings is 1. The van der Waals surface area contributed by atoms with E-state index in [-0.39, 0.29) is 12.5 Å². The van der Waals surface area contributed by atoms with Crippen LogP contribution in [0.5, 0.6) is 5.88 Å². The lowest BCUT2D eigenvalue weighted by Gasteiger charge is -2.16. The van der Waals surface area contributed by atoms with Crippen LogP contribution in [0.25, 0.3) is 0 Å². The molecule has 0 saturated carbocycles. The second-order valence-electron chi connectivity index (χ2n) is 5.87. The molecule has 0 bridgehead atoms. The first-order valence-corrected chi connectivity index (χ1v) is 8.17. The number of carbonyl (C=O) groups excluding carboxylic acids is 1. The number of amides is 1. The normalized spacial score (nSPS) is 13.4. The lowest BCUT2D eigenvalue weighted by Crippen LogP contribution is -2.23. The van der Waals surface area contributed by atoms with E-state index in [1.807, 2.05) is 13.0 Å². The van der Waals surface area contributed by atoms with Crippen molar-refractivity contribution < 1.29 is 9.53 Å². The van der Waals surface area contributed by atoms with Gasteiger partial charge in [0.2, 0.25) is 11.8 Å². The summed E-state index contributed by atoms with van der Waals surface area (Å²) in [5.41, 5.74) is 1.96. The second kappa shape index (κ2) is 7.62. The van der Waals surface area contributed by atoms with Crippen LogP contribution in [0.4, 0.5) is 11.6 Å². The molecule has 0 radical (unpaired) electrons. The molecule has 7 heteroatoms. The van der Waals surface area contributed by atoms with E-state index < -0.39 is 0 Å². The summed E-state index contributed by atoms with van der Waals surface area (Å²) in [4.78, 5) is 23.0. The third-order valence-corrected chi connectivity index (χ3v) is 3.86. The molecule has 3 rings (SSSR count). The fourth-order valence-corrected chi connectivity index (χ4v) is 2.62. The largest absolute Gasteiger partial charge is 0.467 e. The molecule has 0 unspecified atom stereocenters. The molecule has 1 N–H and O–H groups in total. The van der Waals surface area contributed by atoms with Gasteiger partial charge in [-0.05, 0) is 44.0 Å². The van der Waals surface area contributed by atoms with Crippen LogP contribution in [0.3, 0.4) is 0 Å². The highest BCUT2D eigenvalue weighted by atomic mass is 16.5. The molecule has 0 spiro atoms. The van der Waals surface area contributed by atoms with Crippen LogP contribution >= 0.6 is 0 Å². The predicted octanol–water partition coefficient (Wildman–Crippen LogP) is 2.27. The average Bonchev–Trinajstić information content (AvgIpc) is 3.15. The van der Waals surface area contributed by atoms with Crippen LogP contribution in [0.15, 0.2) is 30.3 Å². The maximum Gasteiger partial charge on any atom is 0.262 e. The number of ether oxygens (including phenoxy) is 1. The van der Waals surface area contributed by atoms with Gasteiger partial charge in [0.1, 0.15) is 0 Å². The fourth-order valence-electron chi connectivity index (χ4n) is 2.62. The molecule has 2 heterocycles. The number of aromatic nitrogens is 2. The Morgan fingerprint density at radius 3 is 2.68 bits per heavy atom. The third-order valence-electron chi connectivity index (χ3n) is 3.86. The van der Waals surface area contributed by atoms with E-state index >= 15 is 0 Å². The van der Waals surface area contributed by atoms with Crippen LogP contribution in [0.2, 0.25) is 0 Å². The van der Waals surface area contributed by atoms with Gasteiger partial charge in [-0.1, -0.05) is 0 Å². The molecule has 1 aromatic heterocycles. The van der Waals surface area contributed by atoms with Gasteiger partial charge < -0.3 is 15.0 Å². The minimum Gasteiger partial charge on any atom is -0.467 e. The number of nitriles is 1. The van der Waals surface area contributed by atoms with Crippen LogP contribution in [0, 0.1) is 18.3 Å². The smallest absolute Gasteiger partial charge is 0.262 e. The minimum absolute atomic E-state index is 0.143. The molecule has 1 aliphatic rings. The van der Waals surface area contributed by atoms with Gasteiger partial charge in [0.05, 0.1) is 11.6 Å². The van der Waals surface area contributed by atoms with Crippen molar-refractivity contribution >= 4 is 17.5 Å². The van der Waals surface area contributed by atoms with Gasteiger partial charge in [-0.3, -0.25) is 4.79 Å². The number of hydrogen-bond donors (Lipinski definition) is 1. The van der Waals surface area contributed by atoms with Crippen molar-refractivity contribution in [1.29, 1.82) is 5.26 Å². The Labute approximate surface area is 146 Å². The molecule has 128 valence electrons. The lowest BCUT2D eigenvalue weighted by molar-refractivity contribution is -0.118. The van der Waals surface area contributed by atoms with Crippen LogP contribution in [0.1, 0.15) is 24.1 Å². The molecule has 2 aromatic rings. The summed E-state index contributed by atoms with van der Waals surface area (Å²) in [6, 6.07) is 10.4. The highest BCUT2D eigenvalue weighted by molar-refractivity contribution is 5.91. The third kappa shape index (κ3) is 4.44.